The SMILES string of the molecule is CCOC(=O)N1CCN(c2ccnc(C(=O)Nc3c(F)cccc3F)c2)CC1. The maximum Gasteiger partial charge on any atom is 0.409 e. The van der Waals surface area contributed by atoms with Crippen molar-refractivity contribution in [2.75, 3.05) is 43.0 Å². The number of benzene rings is 1. The molecule has 0 spiro atoms. The summed E-state index contributed by atoms with van der Waals surface area (Å²) in [7, 11) is 0. The second-order valence-electron chi connectivity index (χ2n) is 6.12. The number of ether oxygens (including phenoxy) is 1. The van der Waals surface area contributed by atoms with Crippen molar-refractivity contribution < 1.29 is 23.1 Å². The molecular formula is C19H20F2N4O3. The van der Waals surface area contributed by atoms with Crippen molar-refractivity contribution in [2.24, 2.45) is 0 Å². The highest BCUT2D eigenvalue weighted by atomic mass is 19.1. The zero-order valence-electron chi connectivity index (χ0n) is 15.3. The van der Waals surface area contributed by atoms with Crippen LogP contribution in [0.5, 0.6) is 0 Å². The van der Waals surface area contributed by atoms with Gasteiger partial charge in [-0.3, -0.25) is 9.78 Å². The molecule has 2 amide bonds. The van der Waals surface area contributed by atoms with Gasteiger partial charge in [-0.2, -0.15) is 0 Å². The van der Waals surface area contributed by atoms with Crippen molar-refractivity contribution in [2.45, 2.75) is 6.92 Å². The van der Waals surface area contributed by atoms with E-state index in [0.29, 0.717) is 32.8 Å². The summed E-state index contributed by atoms with van der Waals surface area (Å²) in [6, 6.07) is 6.63. The van der Waals surface area contributed by atoms with Gasteiger partial charge in [-0.1, -0.05) is 6.07 Å². The monoisotopic (exact) mass is 390 g/mol. The normalized spacial score (nSPS) is 14.0. The van der Waals surface area contributed by atoms with E-state index in [4.69, 9.17) is 4.74 Å². The summed E-state index contributed by atoms with van der Waals surface area (Å²) in [5, 5.41) is 2.22. The van der Waals surface area contributed by atoms with Crippen LogP contribution >= 0.6 is 0 Å². The number of aromatic nitrogens is 1. The van der Waals surface area contributed by atoms with Crippen LogP contribution in [-0.2, 0) is 4.74 Å². The lowest BCUT2D eigenvalue weighted by molar-refractivity contribution is 0.102. The van der Waals surface area contributed by atoms with Crippen molar-refractivity contribution in [1.29, 1.82) is 0 Å². The number of hydrogen-bond donors (Lipinski definition) is 1. The van der Waals surface area contributed by atoms with Crippen molar-refractivity contribution in [3.63, 3.8) is 0 Å². The molecule has 1 saturated heterocycles. The first kappa shape index (κ1) is 19.5. The average molecular weight is 390 g/mol. The number of amides is 2. The van der Waals surface area contributed by atoms with Gasteiger partial charge in [0.1, 0.15) is 23.0 Å². The molecule has 7 nitrogen and oxygen atoms in total. The van der Waals surface area contributed by atoms with Gasteiger partial charge in [-0.25, -0.2) is 13.6 Å². The van der Waals surface area contributed by atoms with Crippen LogP contribution in [0.25, 0.3) is 0 Å². The van der Waals surface area contributed by atoms with Gasteiger partial charge in [0.15, 0.2) is 0 Å². The van der Waals surface area contributed by atoms with Crippen molar-refractivity contribution in [1.82, 2.24) is 9.88 Å². The number of nitrogens with zero attached hydrogens (tertiary/aromatic N) is 3. The van der Waals surface area contributed by atoms with Crippen LogP contribution in [0.2, 0.25) is 0 Å². The van der Waals surface area contributed by atoms with E-state index in [1.54, 1.807) is 24.0 Å². The van der Waals surface area contributed by atoms with E-state index in [1.807, 2.05) is 4.90 Å². The number of para-hydroxylation sites is 1. The number of nitrogens with one attached hydrogen (secondary N) is 1. The molecule has 0 saturated carbocycles. The Balaban J connectivity index is 1.68. The Morgan fingerprint density at radius 2 is 1.82 bits per heavy atom. The molecule has 3 rings (SSSR count). The summed E-state index contributed by atoms with van der Waals surface area (Å²) < 4.78 is 32.4. The zero-order chi connectivity index (χ0) is 20.1. The molecule has 1 aromatic heterocycles. The Morgan fingerprint density at radius 3 is 2.46 bits per heavy atom. The fourth-order valence-electron chi connectivity index (χ4n) is 2.90. The molecule has 0 atom stereocenters. The average Bonchev–Trinajstić information content (AvgIpc) is 2.71. The first-order chi connectivity index (χ1) is 13.5. The second-order valence-corrected chi connectivity index (χ2v) is 6.12. The lowest BCUT2D eigenvalue weighted by Gasteiger charge is -2.35. The first-order valence-electron chi connectivity index (χ1n) is 8.87. The topological polar surface area (TPSA) is 74.8 Å². The van der Waals surface area contributed by atoms with E-state index in [9.17, 15) is 18.4 Å². The standard InChI is InChI=1S/C19H20F2N4O3/c1-2-28-19(27)25-10-8-24(9-11-25)13-6-7-22-16(12-13)18(26)23-17-14(20)4-3-5-15(17)21/h3-7,12H,2,8-11H2,1H3,(H,23,26). The van der Waals surface area contributed by atoms with E-state index in [0.717, 1.165) is 17.8 Å². The summed E-state index contributed by atoms with van der Waals surface area (Å²) in [5.74, 6) is -2.44. The largest absolute Gasteiger partial charge is 0.450 e. The van der Waals surface area contributed by atoms with Crippen LogP contribution in [0.1, 0.15) is 17.4 Å². The molecule has 0 unspecified atom stereocenters. The van der Waals surface area contributed by atoms with E-state index in [1.165, 1.54) is 12.3 Å². The first-order valence-corrected chi connectivity index (χ1v) is 8.87. The minimum atomic E-state index is -0.861. The van der Waals surface area contributed by atoms with Gasteiger partial charge in [0.05, 0.1) is 6.61 Å². The third-order valence-electron chi connectivity index (χ3n) is 4.35. The maximum absolute atomic E-state index is 13.7. The fourth-order valence-corrected chi connectivity index (χ4v) is 2.90. The smallest absolute Gasteiger partial charge is 0.409 e. The van der Waals surface area contributed by atoms with Crippen molar-refractivity contribution in [3.8, 4) is 0 Å². The predicted molar refractivity (Wildman–Crippen MR) is 99.4 cm³/mol. The summed E-state index contributed by atoms with van der Waals surface area (Å²) in [4.78, 5) is 31.8. The minimum absolute atomic E-state index is 0.0352. The Morgan fingerprint density at radius 1 is 1.14 bits per heavy atom. The lowest BCUT2D eigenvalue weighted by Crippen LogP contribution is -2.49. The van der Waals surface area contributed by atoms with Gasteiger partial charge in [-0.15, -0.1) is 0 Å². The molecule has 9 heteroatoms. The molecule has 0 aliphatic carbocycles. The quantitative estimate of drug-likeness (QED) is 0.869. The number of anilines is 2. The number of halogens is 2. The number of carbonyl (C=O) groups is 2. The molecule has 1 aromatic carbocycles. The van der Waals surface area contributed by atoms with Crippen LogP contribution < -0.4 is 10.2 Å². The highest BCUT2D eigenvalue weighted by molar-refractivity contribution is 6.03. The molecule has 0 radical (unpaired) electrons. The summed E-state index contributed by atoms with van der Waals surface area (Å²) >= 11 is 0. The zero-order valence-corrected chi connectivity index (χ0v) is 15.3. The minimum Gasteiger partial charge on any atom is -0.450 e. The fraction of sp³-hybridized carbons (Fsp3) is 0.316. The molecule has 2 aromatic rings. The predicted octanol–water partition coefficient (Wildman–Crippen LogP) is 2.89. The van der Waals surface area contributed by atoms with Crippen LogP contribution in [-0.4, -0.2) is 54.7 Å². The molecule has 1 aliphatic rings. The number of rotatable bonds is 4. The lowest BCUT2D eigenvalue weighted by atomic mass is 10.2. The van der Waals surface area contributed by atoms with Crippen molar-refractivity contribution in [3.05, 3.63) is 53.9 Å². The third kappa shape index (κ3) is 4.36. The molecular weight excluding hydrogens is 370 g/mol. The highest BCUT2D eigenvalue weighted by Gasteiger charge is 2.23. The third-order valence-corrected chi connectivity index (χ3v) is 4.35. The van der Waals surface area contributed by atoms with Gasteiger partial charge in [0.2, 0.25) is 0 Å². The number of piperazine rings is 1. The van der Waals surface area contributed by atoms with Gasteiger partial charge >= 0.3 is 6.09 Å². The highest BCUT2D eigenvalue weighted by Crippen LogP contribution is 2.21. The van der Waals surface area contributed by atoms with E-state index < -0.39 is 23.2 Å². The molecule has 148 valence electrons. The maximum atomic E-state index is 13.7. The van der Waals surface area contributed by atoms with E-state index >= 15 is 0 Å². The Kier molecular flexibility index (Phi) is 6.03. The van der Waals surface area contributed by atoms with Gasteiger partial charge < -0.3 is 19.9 Å². The summed E-state index contributed by atoms with van der Waals surface area (Å²) in [5.41, 5.74) is 0.258. The Bertz CT molecular complexity index is 850. The van der Waals surface area contributed by atoms with Crippen LogP contribution in [0.3, 0.4) is 0 Å². The Labute approximate surface area is 160 Å². The number of pyridine rings is 1. The summed E-state index contributed by atoms with van der Waals surface area (Å²) in [6.45, 7) is 4.18. The molecule has 1 fully saturated rings. The molecule has 28 heavy (non-hydrogen) atoms. The molecule has 0 bridgehead atoms. The number of carbonyl (C=O) groups excluding carboxylic acids is 2. The number of hydrogen-bond acceptors (Lipinski definition) is 5. The molecule has 1 aliphatic heterocycles. The van der Waals surface area contributed by atoms with E-state index in [-0.39, 0.29) is 11.8 Å². The van der Waals surface area contributed by atoms with Gasteiger partial charge in [0.25, 0.3) is 5.91 Å². The van der Waals surface area contributed by atoms with Crippen molar-refractivity contribution >= 4 is 23.4 Å². The molecule has 2 heterocycles. The van der Waals surface area contributed by atoms with Crippen LogP contribution in [0, 0.1) is 11.6 Å². The Hall–Kier alpha value is -3.23. The van der Waals surface area contributed by atoms with Gasteiger partial charge in [-0.05, 0) is 31.2 Å². The van der Waals surface area contributed by atoms with Crippen LogP contribution in [0.15, 0.2) is 36.5 Å². The molecule has 1 N–H and O–H groups in total. The van der Waals surface area contributed by atoms with E-state index in [2.05, 4.69) is 10.3 Å². The van der Waals surface area contributed by atoms with Crippen LogP contribution in [0.4, 0.5) is 25.0 Å². The second kappa shape index (κ2) is 8.64. The summed E-state index contributed by atoms with van der Waals surface area (Å²) in [6.07, 6.45) is 1.11. The van der Waals surface area contributed by atoms with Gasteiger partial charge in [0, 0.05) is 38.1 Å².